The molecule has 4 nitrogen and oxygen atoms in total. The van der Waals surface area contributed by atoms with Gasteiger partial charge in [-0.15, -0.1) is 0 Å². The number of aliphatic hydroxyl groups excluding tert-OH is 1. The summed E-state index contributed by atoms with van der Waals surface area (Å²) in [5, 5.41) is 9.03. The van der Waals surface area contributed by atoms with Crippen LogP contribution in [0.15, 0.2) is 24.3 Å². The number of morpholine rings is 1. The zero-order chi connectivity index (χ0) is 12.7. The van der Waals surface area contributed by atoms with Crippen LogP contribution in [0.5, 0.6) is 0 Å². The minimum atomic E-state index is -0.0729. The summed E-state index contributed by atoms with van der Waals surface area (Å²) in [6, 6.07) is 7.77. The van der Waals surface area contributed by atoms with Gasteiger partial charge >= 0.3 is 0 Å². The van der Waals surface area contributed by atoms with Crippen LogP contribution >= 0.6 is 0 Å². The summed E-state index contributed by atoms with van der Waals surface area (Å²) in [5.41, 5.74) is 7.53. The van der Waals surface area contributed by atoms with E-state index in [1.165, 1.54) is 0 Å². The van der Waals surface area contributed by atoms with E-state index in [0.29, 0.717) is 6.61 Å². The zero-order valence-corrected chi connectivity index (χ0v) is 10.6. The first kappa shape index (κ1) is 13.8. The third-order valence-electron chi connectivity index (χ3n) is 2.60. The summed E-state index contributed by atoms with van der Waals surface area (Å²) in [5.74, 6) is 0. The molecule has 1 heterocycles. The summed E-state index contributed by atoms with van der Waals surface area (Å²) in [6.45, 7) is 6.34. The van der Waals surface area contributed by atoms with Crippen molar-refractivity contribution in [3.63, 3.8) is 0 Å². The third kappa shape index (κ3) is 3.91. The Morgan fingerprint density at radius 1 is 1.35 bits per heavy atom. The summed E-state index contributed by atoms with van der Waals surface area (Å²) in [6.07, 6.45) is -0.0729. The average molecular weight is 238 g/mol. The highest BCUT2D eigenvalue weighted by Crippen LogP contribution is 2.18. The number of nitrogens with two attached hydrogens (primary N) is 1. The van der Waals surface area contributed by atoms with E-state index in [0.717, 1.165) is 24.5 Å². The molecule has 0 radical (unpaired) electrons. The van der Waals surface area contributed by atoms with Crippen LogP contribution in [-0.4, -0.2) is 37.5 Å². The number of benzene rings is 1. The molecule has 1 atom stereocenters. The maximum atomic E-state index is 9.03. The molecule has 1 saturated heterocycles. The van der Waals surface area contributed by atoms with Gasteiger partial charge in [0.1, 0.15) is 0 Å². The molecule has 17 heavy (non-hydrogen) atoms. The monoisotopic (exact) mass is 238 g/mol. The quantitative estimate of drug-likeness (QED) is 0.766. The van der Waals surface area contributed by atoms with E-state index in [1.807, 2.05) is 38.1 Å². The van der Waals surface area contributed by atoms with E-state index >= 15 is 0 Å². The lowest BCUT2D eigenvalue weighted by molar-refractivity contribution is 0.00357. The van der Waals surface area contributed by atoms with Crippen molar-refractivity contribution in [3.8, 4) is 0 Å². The fraction of sp³-hybridized carbons (Fsp3) is 0.538. The molecule has 1 aromatic rings. The number of aliphatic hydroxyl groups is 1. The fourth-order valence-electron chi connectivity index (χ4n) is 1.75. The van der Waals surface area contributed by atoms with E-state index in [2.05, 4.69) is 4.90 Å². The minimum Gasteiger partial charge on any atom is -0.399 e. The molecule has 1 unspecified atom stereocenters. The lowest BCUT2D eigenvalue weighted by Crippen LogP contribution is -2.44. The van der Waals surface area contributed by atoms with E-state index in [9.17, 15) is 0 Å². The average Bonchev–Trinajstić information content (AvgIpc) is 2.42. The molecule has 1 aliphatic rings. The summed E-state index contributed by atoms with van der Waals surface area (Å²) in [7, 11) is 0. The lowest BCUT2D eigenvalue weighted by Gasteiger charge is -2.33. The van der Waals surface area contributed by atoms with Crippen molar-refractivity contribution in [2.24, 2.45) is 0 Å². The molecule has 1 aliphatic heterocycles. The molecule has 0 aromatic heterocycles. The van der Waals surface area contributed by atoms with E-state index in [1.54, 1.807) is 0 Å². The maximum Gasteiger partial charge on any atom is 0.0980 e. The Morgan fingerprint density at radius 2 is 2.00 bits per heavy atom. The first-order chi connectivity index (χ1) is 8.29. The molecule has 0 amide bonds. The van der Waals surface area contributed by atoms with E-state index in [-0.39, 0.29) is 12.7 Å². The summed E-state index contributed by atoms with van der Waals surface area (Å²) >= 11 is 0. The standard InChI is InChI=1S/C11H16N2O2.C2H6/c12-9-1-3-10(4-2-9)13-5-6-15-11(7-13)8-14;1-2/h1-4,11,14H,5-8,12H2;1-2H3. The third-order valence-corrected chi connectivity index (χ3v) is 2.60. The van der Waals surface area contributed by atoms with Gasteiger partial charge in [0.2, 0.25) is 0 Å². The highest BCUT2D eigenvalue weighted by atomic mass is 16.5. The molecular weight excluding hydrogens is 216 g/mol. The van der Waals surface area contributed by atoms with Crippen molar-refractivity contribution in [2.75, 3.05) is 36.9 Å². The van der Waals surface area contributed by atoms with Crippen LogP contribution in [0.1, 0.15) is 13.8 Å². The summed E-state index contributed by atoms with van der Waals surface area (Å²) in [4.78, 5) is 2.20. The number of nitrogens with zero attached hydrogens (tertiary/aromatic N) is 1. The SMILES string of the molecule is CC.Nc1ccc(N2CCOC(CO)C2)cc1. The first-order valence-electron chi connectivity index (χ1n) is 6.12. The van der Waals surface area contributed by atoms with Crippen molar-refractivity contribution in [3.05, 3.63) is 24.3 Å². The largest absolute Gasteiger partial charge is 0.399 e. The highest BCUT2D eigenvalue weighted by Gasteiger charge is 2.19. The maximum absolute atomic E-state index is 9.03. The van der Waals surface area contributed by atoms with E-state index in [4.69, 9.17) is 15.6 Å². The van der Waals surface area contributed by atoms with Crippen LogP contribution < -0.4 is 10.6 Å². The summed E-state index contributed by atoms with van der Waals surface area (Å²) < 4.78 is 5.39. The van der Waals surface area contributed by atoms with Crippen molar-refractivity contribution >= 4 is 11.4 Å². The Kier molecular flexibility index (Phi) is 5.80. The molecular formula is C13H22N2O2. The Morgan fingerprint density at radius 3 is 2.59 bits per heavy atom. The van der Waals surface area contributed by atoms with Gasteiger partial charge in [-0.3, -0.25) is 0 Å². The van der Waals surface area contributed by atoms with Gasteiger partial charge < -0.3 is 20.5 Å². The highest BCUT2D eigenvalue weighted by molar-refractivity contribution is 5.53. The minimum absolute atomic E-state index is 0.0729. The number of rotatable bonds is 2. The zero-order valence-electron chi connectivity index (χ0n) is 10.6. The van der Waals surface area contributed by atoms with Gasteiger partial charge in [-0.25, -0.2) is 0 Å². The first-order valence-corrected chi connectivity index (χ1v) is 6.12. The van der Waals surface area contributed by atoms with Gasteiger partial charge in [0.05, 0.1) is 19.3 Å². The topological polar surface area (TPSA) is 58.7 Å². The Bertz CT molecular complexity index is 314. The van der Waals surface area contributed by atoms with Crippen LogP contribution in [-0.2, 0) is 4.74 Å². The normalized spacial score (nSPS) is 19.5. The fourth-order valence-corrected chi connectivity index (χ4v) is 1.75. The molecule has 1 fully saturated rings. The molecule has 4 heteroatoms. The van der Waals surface area contributed by atoms with Crippen molar-refractivity contribution in [1.82, 2.24) is 0 Å². The van der Waals surface area contributed by atoms with Gasteiger partial charge in [0, 0.05) is 24.5 Å². The molecule has 0 saturated carbocycles. The predicted molar refractivity (Wildman–Crippen MR) is 71.2 cm³/mol. The molecule has 0 aliphatic carbocycles. The number of ether oxygens (including phenoxy) is 1. The van der Waals surface area contributed by atoms with Crippen molar-refractivity contribution in [2.45, 2.75) is 20.0 Å². The number of nitrogen functional groups attached to an aromatic ring is 1. The Hall–Kier alpha value is -1.26. The number of hydrogen-bond donors (Lipinski definition) is 2. The van der Waals surface area contributed by atoms with Gasteiger partial charge in [-0.05, 0) is 24.3 Å². The second kappa shape index (κ2) is 7.14. The van der Waals surface area contributed by atoms with Gasteiger partial charge in [0.15, 0.2) is 0 Å². The second-order valence-electron chi connectivity index (χ2n) is 3.71. The predicted octanol–water partition coefficient (Wildman–Crippen LogP) is 1.49. The number of hydrogen-bond acceptors (Lipinski definition) is 4. The van der Waals surface area contributed by atoms with Crippen molar-refractivity contribution < 1.29 is 9.84 Å². The van der Waals surface area contributed by atoms with Crippen LogP contribution in [0.25, 0.3) is 0 Å². The van der Waals surface area contributed by atoms with Gasteiger partial charge in [-0.2, -0.15) is 0 Å². The Labute approximate surface area is 103 Å². The molecule has 96 valence electrons. The van der Waals surface area contributed by atoms with Crippen molar-refractivity contribution in [1.29, 1.82) is 0 Å². The lowest BCUT2D eigenvalue weighted by atomic mass is 10.2. The molecule has 0 bridgehead atoms. The van der Waals surface area contributed by atoms with Crippen LogP contribution in [0, 0.1) is 0 Å². The van der Waals surface area contributed by atoms with Crippen LogP contribution in [0.4, 0.5) is 11.4 Å². The number of anilines is 2. The molecule has 2 rings (SSSR count). The smallest absolute Gasteiger partial charge is 0.0980 e. The van der Waals surface area contributed by atoms with Gasteiger partial charge in [-0.1, -0.05) is 13.8 Å². The Balaban J connectivity index is 0.000000686. The van der Waals surface area contributed by atoms with E-state index < -0.39 is 0 Å². The molecule has 0 spiro atoms. The van der Waals surface area contributed by atoms with Crippen LogP contribution in [0.3, 0.4) is 0 Å². The van der Waals surface area contributed by atoms with Crippen LogP contribution in [0.2, 0.25) is 0 Å². The molecule has 1 aromatic carbocycles. The molecule has 3 N–H and O–H groups in total. The van der Waals surface area contributed by atoms with Gasteiger partial charge in [0.25, 0.3) is 0 Å². The second-order valence-corrected chi connectivity index (χ2v) is 3.71.